The van der Waals surface area contributed by atoms with Gasteiger partial charge in [-0.15, -0.1) is 0 Å². The first-order chi connectivity index (χ1) is 21.4. The van der Waals surface area contributed by atoms with Gasteiger partial charge in [-0.3, -0.25) is 9.59 Å². The lowest BCUT2D eigenvalue weighted by Crippen LogP contribution is -2.60. The number of carbonyl (C=O) groups excluding carboxylic acids is 3. The van der Waals surface area contributed by atoms with Gasteiger partial charge >= 0.3 is 6.09 Å². The maximum atomic E-state index is 14.0. The normalized spacial score (nSPS) is 15.0. The Hall–Kier alpha value is -4.66. The van der Waals surface area contributed by atoms with Crippen LogP contribution in [0.3, 0.4) is 0 Å². The van der Waals surface area contributed by atoms with E-state index in [-0.39, 0.29) is 11.9 Å². The molecule has 0 radical (unpaired) electrons. The molecule has 1 aromatic heterocycles. The Kier molecular flexibility index (Phi) is 9.27. The zero-order chi connectivity index (χ0) is 32.2. The van der Waals surface area contributed by atoms with Gasteiger partial charge in [0.15, 0.2) is 0 Å². The minimum Gasteiger partial charge on any atom is -0.444 e. The van der Waals surface area contributed by atoms with Crippen molar-refractivity contribution in [1.82, 2.24) is 25.1 Å². The Morgan fingerprint density at radius 2 is 1.47 bits per heavy atom. The molecule has 5 rings (SSSR count). The molecule has 4 aromatic rings. The number of hydrogen-bond acceptors (Lipinski definition) is 5. The van der Waals surface area contributed by atoms with E-state index in [1.807, 2.05) is 71.6 Å². The van der Waals surface area contributed by atoms with Gasteiger partial charge in [0.05, 0.1) is 11.0 Å². The van der Waals surface area contributed by atoms with Crippen molar-refractivity contribution >= 4 is 28.9 Å². The molecular formula is C36H43N5O4. The molecule has 3 amide bonds. The molecule has 0 saturated carbocycles. The zero-order valence-electron chi connectivity index (χ0n) is 26.7. The summed E-state index contributed by atoms with van der Waals surface area (Å²) >= 11 is 0. The van der Waals surface area contributed by atoms with Crippen molar-refractivity contribution in [1.29, 1.82) is 0 Å². The van der Waals surface area contributed by atoms with Gasteiger partial charge in [-0.25, -0.2) is 9.78 Å². The van der Waals surface area contributed by atoms with Gasteiger partial charge < -0.3 is 24.8 Å². The maximum absolute atomic E-state index is 14.0. The number of nitrogens with zero attached hydrogens (tertiary/aromatic N) is 3. The molecule has 45 heavy (non-hydrogen) atoms. The fourth-order valence-electron chi connectivity index (χ4n) is 5.77. The summed E-state index contributed by atoms with van der Waals surface area (Å²) in [5.41, 5.74) is 2.00. The Balaban J connectivity index is 1.32. The third-order valence-electron chi connectivity index (χ3n) is 8.04. The lowest BCUT2D eigenvalue weighted by Gasteiger charge is -2.36. The highest BCUT2D eigenvalue weighted by molar-refractivity contribution is 5.93. The molecule has 236 valence electrons. The van der Waals surface area contributed by atoms with Gasteiger partial charge in [-0.1, -0.05) is 72.8 Å². The second kappa shape index (κ2) is 13.1. The number of aromatic nitrogens is 2. The van der Waals surface area contributed by atoms with E-state index in [4.69, 9.17) is 9.72 Å². The minimum atomic E-state index is -1.30. The molecule has 2 N–H and O–H groups in total. The smallest absolute Gasteiger partial charge is 0.408 e. The molecule has 0 aliphatic carbocycles. The van der Waals surface area contributed by atoms with Crippen LogP contribution in [-0.2, 0) is 20.7 Å². The molecule has 1 saturated heterocycles. The predicted molar refractivity (Wildman–Crippen MR) is 176 cm³/mol. The first-order valence-electron chi connectivity index (χ1n) is 15.6. The largest absolute Gasteiger partial charge is 0.444 e. The summed E-state index contributed by atoms with van der Waals surface area (Å²) in [5.74, 6) is 0.322. The number of ether oxygens (including phenoxy) is 1. The van der Waals surface area contributed by atoms with Crippen LogP contribution in [0.1, 0.15) is 59.1 Å². The van der Waals surface area contributed by atoms with E-state index in [1.165, 1.54) is 0 Å². The van der Waals surface area contributed by atoms with E-state index in [0.29, 0.717) is 19.5 Å². The van der Waals surface area contributed by atoms with Crippen LogP contribution in [0.5, 0.6) is 0 Å². The monoisotopic (exact) mass is 609 g/mol. The summed E-state index contributed by atoms with van der Waals surface area (Å²) in [6.07, 6.45) is 1.14. The van der Waals surface area contributed by atoms with Gasteiger partial charge in [-0.05, 0) is 65.2 Å². The second-order valence-corrected chi connectivity index (χ2v) is 13.2. The molecule has 0 unspecified atom stereocenters. The summed E-state index contributed by atoms with van der Waals surface area (Å²) in [5, 5.41) is 5.60. The highest BCUT2D eigenvalue weighted by Gasteiger charge is 2.36. The Morgan fingerprint density at radius 1 is 0.867 bits per heavy atom. The van der Waals surface area contributed by atoms with Gasteiger partial charge in [-0.2, -0.15) is 0 Å². The van der Waals surface area contributed by atoms with Crippen LogP contribution < -0.4 is 10.6 Å². The topological polar surface area (TPSA) is 106 Å². The fourth-order valence-corrected chi connectivity index (χ4v) is 5.77. The maximum Gasteiger partial charge on any atom is 0.408 e. The molecule has 1 aliphatic rings. The Bertz CT molecular complexity index is 1630. The van der Waals surface area contributed by atoms with Gasteiger partial charge in [0.1, 0.15) is 23.0 Å². The van der Waals surface area contributed by atoms with E-state index >= 15 is 0 Å². The number of alkyl carbamates (subject to hydrolysis) is 1. The number of benzene rings is 3. The summed E-state index contributed by atoms with van der Waals surface area (Å²) < 4.78 is 7.68. The lowest BCUT2D eigenvalue weighted by molar-refractivity contribution is -0.138. The van der Waals surface area contributed by atoms with Crippen LogP contribution in [0.15, 0.2) is 84.9 Å². The predicted octanol–water partition coefficient (Wildman–Crippen LogP) is 5.90. The third kappa shape index (κ3) is 7.71. The minimum absolute atomic E-state index is 0.141. The number of para-hydroxylation sites is 2. The van der Waals surface area contributed by atoms with Crippen LogP contribution in [0.25, 0.3) is 22.4 Å². The Labute approximate surface area is 265 Å². The van der Waals surface area contributed by atoms with Gasteiger partial charge in [0, 0.05) is 31.1 Å². The number of hydrogen-bond donors (Lipinski definition) is 2. The number of nitrogens with one attached hydrogen (secondary N) is 2. The lowest BCUT2D eigenvalue weighted by atomic mass is 9.98. The van der Waals surface area contributed by atoms with Crippen molar-refractivity contribution in [3.05, 3.63) is 90.5 Å². The van der Waals surface area contributed by atoms with E-state index in [0.717, 1.165) is 40.8 Å². The van der Waals surface area contributed by atoms with Crippen LogP contribution in [0.4, 0.5) is 4.79 Å². The number of piperidine rings is 1. The van der Waals surface area contributed by atoms with Crippen molar-refractivity contribution in [2.24, 2.45) is 0 Å². The molecule has 0 bridgehead atoms. The number of imidazole rings is 1. The van der Waals surface area contributed by atoms with Gasteiger partial charge in [0.2, 0.25) is 11.8 Å². The molecule has 1 aliphatic heterocycles. The molecular weight excluding hydrogens is 566 g/mol. The molecule has 2 heterocycles. The highest BCUT2D eigenvalue weighted by atomic mass is 16.6. The second-order valence-electron chi connectivity index (χ2n) is 13.2. The van der Waals surface area contributed by atoms with Gasteiger partial charge in [0.25, 0.3) is 0 Å². The molecule has 9 heteroatoms. The van der Waals surface area contributed by atoms with Crippen LogP contribution in [0, 0.1) is 0 Å². The zero-order valence-corrected chi connectivity index (χ0v) is 26.7. The number of fused-ring (bicyclic) bond motifs is 1. The fraction of sp³-hybridized carbons (Fsp3) is 0.389. The molecule has 0 spiro atoms. The first-order valence-corrected chi connectivity index (χ1v) is 15.6. The van der Waals surface area contributed by atoms with Crippen LogP contribution >= 0.6 is 0 Å². The number of rotatable bonds is 8. The average molecular weight is 610 g/mol. The number of carbonyl (C=O) groups is 3. The van der Waals surface area contributed by atoms with Crippen molar-refractivity contribution < 1.29 is 19.1 Å². The van der Waals surface area contributed by atoms with Crippen molar-refractivity contribution in [2.45, 2.75) is 77.1 Å². The standard InChI is InChI=1S/C36H43N5O4/c1-35(2,3)45-34(44)39-36(4,5)33(43)38-29(24-25-14-8-6-9-15-25)32(42)40-22-20-27(21-23-40)41-30-19-13-12-18-28(30)37-31(41)26-16-10-7-11-17-26/h6-19,27,29H,20-24H2,1-5H3,(H,38,43)(H,39,44)/t29-/m1/s1. The Morgan fingerprint density at radius 3 is 2.11 bits per heavy atom. The van der Waals surface area contributed by atoms with E-state index in [1.54, 1.807) is 34.6 Å². The highest BCUT2D eigenvalue weighted by Crippen LogP contribution is 2.33. The third-order valence-corrected chi connectivity index (χ3v) is 8.04. The SMILES string of the molecule is CC(C)(C)OC(=O)NC(C)(C)C(=O)N[C@H](Cc1ccccc1)C(=O)N1CCC(n2c(-c3ccccc3)nc3ccccc32)CC1. The summed E-state index contributed by atoms with van der Waals surface area (Å²) in [7, 11) is 0. The van der Waals surface area contributed by atoms with Crippen molar-refractivity contribution in [2.75, 3.05) is 13.1 Å². The van der Waals surface area contributed by atoms with Crippen LogP contribution in [-0.4, -0.2) is 62.6 Å². The summed E-state index contributed by atoms with van der Waals surface area (Å²) in [4.78, 5) is 46.8. The quantitative estimate of drug-likeness (QED) is 0.259. The summed E-state index contributed by atoms with van der Waals surface area (Å²) in [6.45, 7) is 9.57. The van der Waals surface area contributed by atoms with Crippen molar-refractivity contribution in [3.8, 4) is 11.4 Å². The van der Waals surface area contributed by atoms with E-state index < -0.39 is 29.2 Å². The van der Waals surface area contributed by atoms with Crippen LogP contribution in [0.2, 0.25) is 0 Å². The van der Waals surface area contributed by atoms with Crippen molar-refractivity contribution in [3.63, 3.8) is 0 Å². The average Bonchev–Trinajstić information content (AvgIpc) is 3.40. The molecule has 1 atom stereocenters. The molecule has 3 aromatic carbocycles. The van der Waals surface area contributed by atoms with E-state index in [9.17, 15) is 14.4 Å². The van der Waals surface area contributed by atoms with E-state index in [2.05, 4.69) is 33.4 Å². The number of amides is 3. The number of likely N-dealkylation sites (tertiary alicyclic amines) is 1. The first kappa shape index (κ1) is 31.8. The summed E-state index contributed by atoms with van der Waals surface area (Å²) in [6, 6.07) is 27.4. The molecule has 1 fully saturated rings. The molecule has 9 nitrogen and oxygen atoms in total.